The number of unbranched alkanes of at least 4 members (excludes halogenated alkanes) is 2. The third kappa shape index (κ3) is 13.2. The van der Waals surface area contributed by atoms with Crippen molar-refractivity contribution in [3.8, 4) is 17.0 Å². The minimum absolute atomic E-state index is 0.0719. The number of nitrogens with zero attached hydrogens (tertiary/aromatic N) is 2. The van der Waals surface area contributed by atoms with Crippen LogP contribution in [0.4, 0.5) is 0 Å². The maximum Gasteiger partial charge on any atom is 0.328 e. The summed E-state index contributed by atoms with van der Waals surface area (Å²) in [7, 11) is 2.30. The maximum atomic E-state index is 13.6. The zero-order valence-corrected chi connectivity index (χ0v) is 32.0. The van der Waals surface area contributed by atoms with E-state index in [2.05, 4.69) is 32.6 Å². The quantitative estimate of drug-likeness (QED) is 0.0409. The van der Waals surface area contributed by atoms with Crippen LogP contribution in [0.1, 0.15) is 85.7 Å². The molecule has 55 heavy (non-hydrogen) atoms. The van der Waals surface area contributed by atoms with E-state index in [-0.39, 0.29) is 42.8 Å². The van der Waals surface area contributed by atoms with E-state index in [1.165, 1.54) is 17.2 Å². The second-order valence-corrected chi connectivity index (χ2v) is 12.4. The van der Waals surface area contributed by atoms with Crippen molar-refractivity contribution in [1.29, 1.82) is 0 Å². The topological polar surface area (TPSA) is 192 Å². The number of aromatic nitrogens is 1. The Morgan fingerprint density at radius 2 is 1.64 bits per heavy atom. The van der Waals surface area contributed by atoms with Gasteiger partial charge in [0.25, 0.3) is 11.8 Å². The number of hydrogen-bond acceptors (Lipinski definition) is 11. The van der Waals surface area contributed by atoms with E-state index in [1.807, 2.05) is 37.3 Å². The number of benzene rings is 2. The van der Waals surface area contributed by atoms with E-state index >= 15 is 0 Å². The summed E-state index contributed by atoms with van der Waals surface area (Å²) in [6.07, 6.45) is 3.82. The monoisotopic (exact) mass is 761 g/mol. The Bertz CT molecular complexity index is 1740. The fourth-order valence-corrected chi connectivity index (χ4v) is 5.80. The lowest BCUT2D eigenvalue weighted by Gasteiger charge is -2.32. The molecule has 4 amide bonds. The van der Waals surface area contributed by atoms with Crippen molar-refractivity contribution in [2.45, 2.75) is 78.0 Å². The highest BCUT2D eigenvalue weighted by molar-refractivity contribution is 6.00. The summed E-state index contributed by atoms with van der Waals surface area (Å²) in [6, 6.07) is 17.1. The molecular formula is C40H51N5O10. The van der Waals surface area contributed by atoms with E-state index in [0.717, 1.165) is 39.0 Å². The van der Waals surface area contributed by atoms with Crippen molar-refractivity contribution in [3.05, 3.63) is 83.6 Å². The molecule has 0 aliphatic rings. The summed E-state index contributed by atoms with van der Waals surface area (Å²) in [5, 5.41) is 9.19. The lowest BCUT2D eigenvalue weighted by Crippen LogP contribution is -2.48. The van der Waals surface area contributed by atoms with Gasteiger partial charge < -0.3 is 30.2 Å². The van der Waals surface area contributed by atoms with Crippen LogP contribution in [0.25, 0.3) is 11.3 Å². The van der Waals surface area contributed by atoms with Crippen LogP contribution in [-0.2, 0) is 40.1 Å². The number of carbonyl (C=O) groups excluding carboxylic acids is 6. The number of nitrogens with one attached hydrogen (secondary N) is 3. The van der Waals surface area contributed by atoms with Gasteiger partial charge >= 0.3 is 11.9 Å². The van der Waals surface area contributed by atoms with E-state index in [4.69, 9.17) is 14.3 Å². The molecule has 0 saturated heterocycles. The first-order valence-corrected chi connectivity index (χ1v) is 18.3. The Morgan fingerprint density at radius 3 is 2.29 bits per heavy atom. The van der Waals surface area contributed by atoms with Crippen LogP contribution in [0.5, 0.6) is 5.75 Å². The highest BCUT2D eigenvalue weighted by Gasteiger charge is 2.32. The molecule has 296 valence electrons. The number of esters is 2. The van der Waals surface area contributed by atoms with Gasteiger partial charge in [0.2, 0.25) is 12.3 Å². The summed E-state index contributed by atoms with van der Waals surface area (Å²) in [5.41, 5.74) is 1.97. The number of pyridine rings is 1. The lowest BCUT2D eigenvalue weighted by atomic mass is 9.90. The van der Waals surface area contributed by atoms with Crippen molar-refractivity contribution >= 4 is 36.1 Å². The van der Waals surface area contributed by atoms with Gasteiger partial charge in [0.15, 0.2) is 0 Å². The van der Waals surface area contributed by atoms with Gasteiger partial charge in [-0.25, -0.2) is 14.8 Å². The van der Waals surface area contributed by atoms with Crippen LogP contribution in [0, 0.1) is 5.92 Å². The average Bonchev–Trinajstić information content (AvgIpc) is 3.21. The number of rotatable bonds is 23. The fourth-order valence-electron chi connectivity index (χ4n) is 5.80. The highest BCUT2D eigenvalue weighted by atomic mass is 16.7. The molecule has 0 unspecified atom stereocenters. The minimum Gasteiger partial charge on any atom is -0.493 e. The second-order valence-electron chi connectivity index (χ2n) is 12.4. The molecule has 2 aromatic carbocycles. The molecule has 0 radical (unpaired) electrons. The van der Waals surface area contributed by atoms with Gasteiger partial charge in [-0.05, 0) is 49.6 Å². The van der Waals surface area contributed by atoms with Crippen LogP contribution in [0.3, 0.4) is 0 Å². The highest BCUT2D eigenvalue weighted by Crippen LogP contribution is 2.27. The van der Waals surface area contributed by atoms with Gasteiger partial charge in [-0.15, -0.1) is 0 Å². The normalized spacial score (nSPS) is 12.3. The largest absolute Gasteiger partial charge is 0.493 e. The molecule has 1 heterocycles. The zero-order valence-electron chi connectivity index (χ0n) is 32.0. The van der Waals surface area contributed by atoms with Crippen molar-refractivity contribution in [2.75, 3.05) is 27.5 Å². The molecule has 3 aromatic rings. The Labute approximate surface area is 321 Å². The van der Waals surface area contributed by atoms with Crippen molar-refractivity contribution in [1.82, 2.24) is 26.0 Å². The van der Waals surface area contributed by atoms with Gasteiger partial charge in [0, 0.05) is 5.56 Å². The molecule has 3 N–H and O–H groups in total. The van der Waals surface area contributed by atoms with E-state index in [9.17, 15) is 28.8 Å². The molecule has 0 spiro atoms. The third-order valence-electron chi connectivity index (χ3n) is 8.70. The van der Waals surface area contributed by atoms with Gasteiger partial charge in [-0.3, -0.25) is 28.8 Å². The number of amides is 4. The van der Waals surface area contributed by atoms with Crippen LogP contribution in [0.2, 0.25) is 0 Å². The summed E-state index contributed by atoms with van der Waals surface area (Å²) in [6.45, 7) is 5.89. The molecule has 15 nitrogen and oxygen atoms in total. The SMILES string of the molecule is CCCCC[C@@H](C(=O)NCNC(=O)c1cccc(-c2ccc(C(=O)N[C@@H](CC(=O)OC)C(=O)OC)c(OCC)c2)n1)[C@@H](CC)N(C=O)OCc1ccccc1. The number of carbonyl (C=O) groups is 6. The maximum absolute atomic E-state index is 13.6. The molecule has 3 rings (SSSR count). The van der Waals surface area contributed by atoms with Crippen LogP contribution >= 0.6 is 0 Å². The molecule has 0 aliphatic carbocycles. The first-order valence-electron chi connectivity index (χ1n) is 18.3. The number of methoxy groups -OCH3 is 2. The van der Waals surface area contributed by atoms with Crippen molar-refractivity contribution < 1.29 is 47.8 Å². The summed E-state index contributed by atoms with van der Waals surface area (Å²) in [4.78, 5) is 86.5. The molecular weight excluding hydrogens is 710 g/mol. The Kier molecular flexibility index (Phi) is 18.3. The van der Waals surface area contributed by atoms with Crippen LogP contribution < -0.4 is 20.7 Å². The zero-order chi connectivity index (χ0) is 40.2. The van der Waals surface area contributed by atoms with Gasteiger partial charge in [-0.1, -0.05) is 75.6 Å². The molecule has 0 saturated carbocycles. The predicted octanol–water partition coefficient (Wildman–Crippen LogP) is 4.35. The number of ether oxygens (including phenoxy) is 3. The minimum atomic E-state index is -1.29. The average molecular weight is 762 g/mol. The Hall–Kier alpha value is -5.83. The third-order valence-corrected chi connectivity index (χ3v) is 8.70. The fraction of sp³-hybridized carbons (Fsp3) is 0.425. The Morgan fingerprint density at radius 1 is 0.873 bits per heavy atom. The van der Waals surface area contributed by atoms with Crippen molar-refractivity contribution in [2.24, 2.45) is 5.92 Å². The van der Waals surface area contributed by atoms with Gasteiger partial charge in [0.1, 0.15) is 24.1 Å². The summed E-state index contributed by atoms with van der Waals surface area (Å²) < 4.78 is 15.1. The smallest absolute Gasteiger partial charge is 0.328 e. The Balaban J connectivity index is 1.71. The predicted molar refractivity (Wildman–Crippen MR) is 202 cm³/mol. The van der Waals surface area contributed by atoms with Crippen molar-refractivity contribution in [3.63, 3.8) is 0 Å². The molecule has 0 bridgehead atoms. The van der Waals surface area contributed by atoms with Gasteiger partial charge in [0.05, 0.1) is 57.1 Å². The molecule has 3 atom stereocenters. The standard InChI is InChI=1S/C40H51N5O10/c1-6-9-11-17-29(34(7-2)45(26-46)55-24-27-15-12-10-13-16-27)37(48)41-25-42-39(50)32-19-14-18-31(43-32)28-20-21-30(35(22-28)54-8-3)38(49)44-33(40(51)53-5)23-36(47)52-4/h10,12-16,18-22,26,29,33-34H,6-9,11,17,23-25H2,1-5H3,(H,41,48)(H,42,50)(H,44,49)/t29-,33+,34-/m1/s1. The van der Waals surface area contributed by atoms with Crippen LogP contribution in [0.15, 0.2) is 66.7 Å². The van der Waals surface area contributed by atoms with E-state index in [0.29, 0.717) is 30.5 Å². The van der Waals surface area contributed by atoms with Gasteiger partial charge in [-0.2, -0.15) is 0 Å². The molecule has 1 aromatic heterocycles. The first-order chi connectivity index (χ1) is 26.6. The lowest BCUT2D eigenvalue weighted by molar-refractivity contribution is -0.200. The molecule has 0 aliphatic heterocycles. The molecule has 15 heteroatoms. The van der Waals surface area contributed by atoms with E-state index in [1.54, 1.807) is 31.2 Å². The first kappa shape index (κ1) is 43.6. The van der Waals surface area contributed by atoms with E-state index < -0.39 is 48.2 Å². The summed E-state index contributed by atoms with van der Waals surface area (Å²) in [5.74, 6) is -3.49. The number of hydrogen-bond donors (Lipinski definition) is 3. The summed E-state index contributed by atoms with van der Waals surface area (Å²) >= 11 is 0. The van der Waals surface area contributed by atoms with Crippen LogP contribution in [-0.4, -0.2) is 85.7 Å². The molecule has 0 fully saturated rings. The number of hydroxylamine groups is 2. The second kappa shape index (κ2) is 23.1.